The predicted octanol–water partition coefficient (Wildman–Crippen LogP) is 15.2. The lowest BCUT2D eigenvalue weighted by molar-refractivity contribution is 0.412. The molecule has 0 amide bonds. The van der Waals surface area contributed by atoms with Crippen LogP contribution >= 0.6 is 31.9 Å². The van der Waals surface area contributed by atoms with Gasteiger partial charge in [0, 0.05) is 91.0 Å². The average Bonchev–Trinajstić information content (AvgIpc) is 3.89. The van der Waals surface area contributed by atoms with E-state index in [2.05, 4.69) is 232 Å². The van der Waals surface area contributed by atoms with Crippen LogP contribution < -0.4 is 5.73 Å². The smallest absolute Gasteiger partial charge is 0.219 e. The van der Waals surface area contributed by atoms with E-state index in [4.69, 9.17) is 20.7 Å². The van der Waals surface area contributed by atoms with Gasteiger partial charge < -0.3 is 19.4 Å². The topological polar surface area (TPSA) is 208 Å². The fourth-order valence-corrected chi connectivity index (χ4v) is 11.4. The van der Waals surface area contributed by atoms with Crippen molar-refractivity contribution in [3.63, 3.8) is 0 Å². The third-order valence-electron chi connectivity index (χ3n) is 14.7. The largest absolute Gasteiger partial charge is 0.368 e. The van der Waals surface area contributed by atoms with E-state index < -0.39 is 0 Å². The van der Waals surface area contributed by atoms with Crippen molar-refractivity contribution in [2.24, 2.45) is 14.1 Å². The molecule has 13 aromatic rings. The molecule has 0 bridgehead atoms. The molecule has 3 N–H and O–H groups in total. The molecule has 436 valence electrons. The fourth-order valence-electron chi connectivity index (χ4n) is 10.7. The summed E-state index contributed by atoms with van der Waals surface area (Å²) in [6.45, 7) is 25.6. The van der Waals surface area contributed by atoms with Crippen molar-refractivity contribution in [2.45, 2.75) is 99.7 Å². The van der Waals surface area contributed by atoms with Crippen LogP contribution in [0.4, 0.5) is 5.95 Å². The number of nitrogen functional groups attached to an aromatic ring is 1. The van der Waals surface area contributed by atoms with Gasteiger partial charge in [0.25, 0.3) is 0 Å². The SMILES string of the molecule is Cc1nc(-c2ccccc2-c2nc3cc(-c4cnc(N)nc4)ccc3n2C(C)(C)C)nn1C.Cc1nc(-c2ccccc2-c2nc3cc(Br)ccc3n2C(C)(C)C)n[nH]1.Cc1nc(-c2ccccc2-c2nc3cc(Br)ccc3n2C(C)(C)C)nn1C. The fraction of sp³-hybridized carbons (Fsp3) is 0.258. The van der Waals surface area contributed by atoms with Crippen LogP contribution in [0, 0.1) is 20.8 Å². The average molecular weight is 1270 g/mol. The summed E-state index contributed by atoms with van der Waals surface area (Å²) < 4.78 is 12.5. The van der Waals surface area contributed by atoms with Crippen molar-refractivity contribution in [3.8, 4) is 79.5 Å². The molecule has 7 aromatic heterocycles. The molecule has 0 radical (unpaired) electrons. The molecular formula is C66H68Br2N18. The molecular weight excluding hydrogens is 1200 g/mol. The zero-order valence-corrected chi connectivity index (χ0v) is 53.9. The van der Waals surface area contributed by atoms with Crippen molar-refractivity contribution in [1.82, 2.24) is 83.3 Å². The van der Waals surface area contributed by atoms with Gasteiger partial charge in [0.1, 0.15) is 34.9 Å². The first kappa shape index (κ1) is 58.8. The van der Waals surface area contributed by atoms with Gasteiger partial charge in [-0.2, -0.15) is 15.3 Å². The van der Waals surface area contributed by atoms with E-state index in [-0.39, 0.29) is 22.6 Å². The number of fused-ring (bicyclic) bond motifs is 3. The van der Waals surface area contributed by atoms with Gasteiger partial charge in [-0.05, 0) is 137 Å². The summed E-state index contributed by atoms with van der Waals surface area (Å²) in [6.07, 6.45) is 3.46. The molecule has 0 saturated heterocycles. The van der Waals surface area contributed by atoms with Gasteiger partial charge >= 0.3 is 0 Å². The first-order chi connectivity index (χ1) is 40.8. The second-order valence-corrected chi connectivity index (χ2v) is 26.0. The van der Waals surface area contributed by atoms with E-state index >= 15 is 0 Å². The summed E-state index contributed by atoms with van der Waals surface area (Å²) in [5.41, 5.74) is 19.1. The molecule has 0 aliphatic rings. The van der Waals surface area contributed by atoms with Gasteiger partial charge in [-0.3, -0.25) is 14.5 Å². The summed E-state index contributed by atoms with van der Waals surface area (Å²) in [5, 5.41) is 16.5. The maximum atomic E-state index is 5.65. The first-order valence-corrected chi connectivity index (χ1v) is 29.8. The number of imidazole rings is 3. The van der Waals surface area contributed by atoms with Gasteiger partial charge in [0.15, 0.2) is 17.5 Å². The lowest BCUT2D eigenvalue weighted by Crippen LogP contribution is -2.22. The molecule has 13 rings (SSSR count). The maximum absolute atomic E-state index is 5.65. The van der Waals surface area contributed by atoms with E-state index in [0.717, 1.165) is 127 Å². The second kappa shape index (κ2) is 22.8. The highest BCUT2D eigenvalue weighted by Crippen LogP contribution is 2.40. The van der Waals surface area contributed by atoms with E-state index in [0.29, 0.717) is 11.6 Å². The van der Waals surface area contributed by atoms with Crippen molar-refractivity contribution in [3.05, 3.63) is 166 Å². The summed E-state index contributed by atoms with van der Waals surface area (Å²) in [7, 11) is 3.82. The number of aryl methyl sites for hydroxylation is 5. The highest BCUT2D eigenvalue weighted by Gasteiger charge is 2.29. The number of aromatic amines is 1. The lowest BCUT2D eigenvalue weighted by Gasteiger charge is -2.25. The number of rotatable bonds is 7. The third kappa shape index (κ3) is 11.6. The highest BCUT2D eigenvalue weighted by atomic mass is 79.9. The van der Waals surface area contributed by atoms with E-state index in [1.807, 2.05) is 83.4 Å². The van der Waals surface area contributed by atoms with Gasteiger partial charge in [0.2, 0.25) is 5.95 Å². The van der Waals surface area contributed by atoms with Gasteiger partial charge in [-0.1, -0.05) is 111 Å². The van der Waals surface area contributed by atoms with Crippen molar-refractivity contribution < 1.29 is 0 Å². The lowest BCUT2D eigenvalue weighted by atomic mass is 10.0. The summed E-state index contributed by atoms with van der Waals surface area (Å²) in [5.74, 6) is 7.62. The van der Waals surface area contributed by atoms with Crippen LogP contribution in [0.15, 0.2) is 149 Å². The minimum Gasteiger partial charge on any atom is -0.368 e. The Bertz CT molecular complexity index is 4610. The third-order valence-corrected chi connectivity index (χ3v) is 15.7. The highest BCUT2D eigenvalue weighted by molar-refractivity contribution is 9.10. The monoisotopic (exact) mass is 1270 g/mol. The number of H-pyrrole nitrogens is 1. The van der Waals surface area contributed by atoms with Crippen molar-refractivity contribution in [2.75, 3.05) is 5.73 Å². The number of halogens is 2. The number of nitrogens with two attached hydrogens (primary N) is 1. The van der Waals surface area contributed by atoms with E-state index in [9.17, 15) is 0 Å². The molecule has 0 saturated carbocycles. The minimum atomic E-state index is -0.198. The quantitative estimate of drug-likeness (QED) is 0.153. The maximum Gasteiger partial charge on any atom is 0.219 e. The van der Waals surface area contributed by atoms with Gasteiger partial charge in [0.05, 0.1) is 33.1 Å². The summed E-state index contributed by atoms with van der Waals surface area (Å²) >= 11 is 7.12. The van der Waals surface area contributed by atoms with Crippen LogP contribution in [-0.2, 0) is 30.7 Å². The predicted molar refractivity (Wildman–Crippen MR) is 351 cm³/mol. The number of aromatic nitrogens is 17. The Morgan fingerprint density at radius 2 is 0.779 bits per heavy atom. The van der Waals surface area contributed by atoms with Crippen LogP contribution in [0.5, 0.6) is 0 Å². The first-order valence-electron chi connectivity index (χ1n) is 28.2. The summed E-state index contributed by atoms with van der Waals surface area (Å²) in [4.78, 5) is 37.1. The summed E-state index contributed by atoms with van der Waals surface area (Å²) in [6, 6.07) is 43.3. The van der Waals surface area contributed by atoms with Crippen LogP contribution in [0.3, 0.4) is 0 Å². The number of nitrogens with zero attached hydrogens (tertiary/aromatic N) is 16. The number of hydrogen-bond acceptors (Lipinski definition) is 12. The molecule has 0 aliphatic heterocycles. The van der Waals surface area contributed by atoms with Crippen LogP contribution in [-0.4, -0.2) is 83.3 Å². The zero-order chi connectivity index (χ0) is 61.1. The zero-order valence-electron chi connectivity index (χ0n) is 50.8. The number of hydrogen-bond donors (Lipinski definition) is 2. The number of anilines is 1. The molecule has 0 aliphatic carbocycles. The van der Waals surface area contributed by atoms with Crippen LogP contribution in [0.25, 0.3) is 113 Å². The number of nitrogens with one attached hydrogen (secondary N) is 1. The van der Waals surface area contributed by atoms with E-state index in [1.165, 1.54) is 0 Å². The molecule has 20 heteroatoms. The Kier molecular flexibility index (Phi) is 15.6. The minimum absolute atomic E-state index is 0.125. The molecule has 0 spiro atoms. The molecule has 0 fully saturated rings. The Labute approximate surface area is 516 Å². The standard InChI is InChI=1S/C25H26N8.C21H22BrN5.C20H20BrN5/c1-15-29-22(31-32(15)5)18-8-6-7-9-19(18)23-30-20-12-16(17-13-27-24(26)28-14-17)10-11-21(20)33(23)25(2,3)4;1-13-23-19(25-26(13)5)15-8-6-7-9-16(15)20-24-17-12-14(22)10-11-18(17)27(20)21(2,3)4;1-12-22-18(25-24-12)14-7-5-6-8-15(14)19-23-16-11-13(21)9-10-17(16)26(19)20(2,3)4/h6-14H,1-5H3,(H2,26,27,28);6-12H,1-5H3;5-11H,1-4H3,(H,22,24,25). The molecule has 0 unspecified atom stereocenters. The van der Waals surface area contributed by atoms with E-state index in [1.54, 1.807) is 21.8 Å². The molecule has 0 atom stereocenters. The van der Waals surface area contributed by atoms with Crippen molar-refractivity contribution >= 4 is 70.9 Å². The van der Waals surface area contributed by atoms with Crippen molar-refractivity contribution in [1.29, 1.82) is 0 Å². The number of benzene rings is 6. The van der Waals surface area contributed by atoms with Gasteiger partial charge in [-0.25, -0.2) is 39.9 Å². The Balaban J connectivity index is 0.000000135. The molecule has 7 heterocycles. The van der Waals surface area contributed by atoms with Crippen LogP contribution in [0.2, 0.25) is 0 Å². The van der Waals surface area contributed by atoms with Crippen LogP contribution in [0.1, 0.15) is 79.8 Å². The van der Waals surface area contributed by atoms with Gasteiger partial charge in [-0.15, -0.1) is 0 Å². The normalized spacial score (nSPS) is 12.0. The Morgan fingerprint density at radius 3 is 1.13 bits per heavy atom. The Morgan fingerprint density at radius 1 is 0.419 bits per heavy atom. The molecule has 86 heavy (non-hydrogen) atoms. The molecule has 18 nitrogen and oxygen atoms in total. The second-order valence-electron chi connectivity index (χ2n) is 24.2. The molecule has 6 aromatic carbocycles. The Hall–Kier alpha value is -9.01.